The maximum absolute atomic E-state index is 2.50. The summed E-state index contributed by atoms with van der Waals surface area (Å²) in [7, 11) is -3.86. The molecule has 5 heteroatoms. The standard InChI is InChI=1S/2C26H22P2.Rh/c2*1-5-13-23(14-6-1)27(24-15-7-2-8-16-24)21-22-28(25-17-9-3-10-18-25)26-19-11-4-12-20-26;/h2*1-22H;/p+4. The van der Waals surface area contributed by atoms with Gasteiger partial charge in [-0.05, 0) is 97.1 Å². The fraction of sp³-hybridized carbons (Fsp3) is 0. The molecule has 281 valence electrons. The van der Waals surface area contributed by atoms with Gasteiger partial charge in [0.1, 0.15) is 65.7 Å². The smallest absolute Gasteiger partial charge is 0.0620 e. The van der Waals surface area contributed by atoms with Crippen LogP contribution >= 0.6 is 31.7 Å². The van der Waals surface area contributed by atoms with E-state index < -0.39 is 31.7 Å². The normalized spacial score (nSPS) is 11.2. The van der Waals surface area contributed by atoms with Crippen LogP contribution in [0.3, 0.4) is 0 Å². The molecule has 8 aromatic rings. The van der Waals surface area contributed by atoms with Crippen molar-refractivity contribution in [3.8, 4) is 0 Å². The zero-order chi connectivity index (χ0) is 38.0. The maximum atomic E-state index is 2.50. The first-order valence-corrected chi connectivity index (χ1v) is 25.4. The predicted octanol–water partition coefficient (Wildman–Crippen LogP) is 10.4. The van der Waals surface area contributed by atoms with Gasteiger partial charge in [-0.2, -0.15) is 0 Å². The molecule has 0 amide bonds. The molecule has 0 nitrogen and oxygen atoms in total. The van der Waals surface area contributed by atoms with Crippen LogP contribution in [-0.4, -0.2) is 0 Å². The van der Waals surface area contributed by atoms with Gasteiger partial charge in [-0.25, -0.2) is 0 Å². The Bertz CT molecular complexity index is 1850. The van der Waals surface area contributed by atoms with E-state index in [1.165, 1.54) is 42.4 Å². The van der Waals surface area contributed by atoms with Crippen molar-refractivity contribution in [1.82, 2.24) is 0 Å². The second-order valence-electron chi connectivity index (χ2n) is 13.2. The second kappa shape index (κ2) is 23.1. The Morgan fingerprint density at radius 3 is 0.386 bits per heavy atom. The van der Waals surface area contributed by atoms with E-state index in [2.05, 4.69) is 266 Å². The zero-order valence-corrected chi connectivity index (χ0v) is 37.4. The summed E-state index contributed by atoms with van der Waals surface area (Å²) in [5, 5.41) is 11.4. The molecule has 0 saturated heterocycles. The maximum Gasteiger partial charge on any atom is 0.102 e. The Morgan fingerprint density at radius 1 is 0.175 bits per heavy atom. The van der Waals surface area contributed by atoms with Crippen LogP contribution in [0.5, 0.6) is 0 Å². The SMILES string of the molecule is C(=C[PH+](c1ccccc1)c1ccccc1)[PH+](c1ccccc1)c1ccccc1.C(=C[PH+](c1ccccc1)c1ccccc1)[PH+](c1ccccc1)c1ccccc1.[Rh]. The predicted molar refractivity (Wildman–Crippen MR) is 260 cm³/mol. The molecule has 0 bridgehead atoms. The van der Waals surface area contributed by atoms with Crippen LogP contribution in [0.25, 0.3) is 0 Å². The van der Waals surface area contributed by atoms with Gasteiger partial charge in [0.25, 0.3) is 0 Å². The Hall–Kier alpha value is -4.42. The van der Waals surface area contributed by atoms with Gasteiger partial charge in [0.15, 0.2) is 0 Å². The molecule has 0 atom stereocenters. The molecule has 8 aromatic carbocycles. The molecule has 0 fully saturated rings. The van der Waals surface area contributed by atoms with E-state index in [0.29, 0.717) is 0 Å². The molecule has 0 heterocycles. The minimum atomic E-state index is -0.964. The minimum absolute atomic E-state index is 0. The van der Waals surface area contributed by atoms with E-state index in [4.69, 9.17) is 0 Å². The number of hydrogen-bond donors (Lipinski definition) is 0. The monoisotopic (exact) mass is 899 g/mol. The molecule has 0 spiro atoms. The summed E-state index contributed by atoms with van der Waals surface area (Å²) in [5.74, 6) is 10.0. The summed E-state index contributed by atoms with van der Waals surface area (Å²) in [4.78, 5) is 0. The first kappa shape index (κ1) is 42.2. The Balaban J connectivity index is 0.000000189. The van der Waals surface area contributed by atoms with Crippen molar-refractivity contribution in [2.45, 2.75) is 0 Å². The molecule has 0 unspecified atom stereocenters. The van der Waals surface area contributed by atoms with Gasteiger partial charge in [0.2, 0.25) is 0 Å². The molecule has 1 radical (unpaired) electrons. The fourth-order valence-electron chi connectivity index (χ4n) is 6.71. The van der Waals surface area contributed by atoms with E-state index in [-0.39, 0.29) is 19.5 Å². The average Bonchev–Trinajstić information content (AvgIpc) is 3.29. The van der Waals surface area contributed by atoms with Crippen molar-refractivity contribution in [2.75, 3.05) is 0 Å². The van der Waals surface area contributed by atoms with Gasteiger partial charge >= 0.3 is 0 Å². The van der Waals surface area contributed by atoms with E-state index in [1.807, 2.05) is 0 Å². The van der Waals surface area contributed by atoms with Crippen LogP contribution in [0.4, 0.5) is 0 Å². The molecule has 0 aliphatic rings. The Labute approximate surface area is 357 Å². The van der Waals surface area contributed by atoms with Crippen molar-refractivity contribution in [3.63, 3.8) is 0 Å². The molecule has 0 saturated carbocycles. The summed E-state index contributed by atoms with van der Waals surface area (Å²) in [6, 6.07) is 87.5. The number of rotatable bonds is 12. The van der Waals surface area contributed by atoms with Crippen LogP contribution in [0, 0.1) is 0 Å². The molecular formula is C52H48P4Rh+4. The Kier molecular flexibility index (Phi) is 17.1. The van der Waals surface area contributed by atoms with Gasteiger partial charge in [-0.3, -0.25) is 0 Å². The zero-order valence-electron chi connectivity index (χ0n) is 31.7. The first-order valence-electron chi connectivity index (χ1n) is 19.1. The average molecular weight is 900 g/mol. The summed E-state index contributed by atoms with van der Waals surface area (Å²) in [5.41, 5.74) is 0. The summed E-state index contributed by atoms with van der Waals surface area (Å²) >= 11 is 0. The van der Waals surface area contributed by atoms with Crippen LogP contribution in [0.1, 0.15) is 0 Å². The topological polar surface area (TPSA) is 0 Å². The quantitative estimate of drug-likeness (QED) is 0.0847. The van der Waals surface area contributed by atoms with E-state index in [9.17, 15) is 0 Å². The minimum Gasteiger partial charge on any atom is -0.0620 e. The third kappa shape index (κ3) is 12.3. The molecule has 0 N–H and O–H groups in total. The van der Waals surface area contributed by atoms with Gasteiger partial charge in [-0.1, -0.05) is 146 Å². The van der Waals surface area contributed by atoms with E-state index in [0.717, 1.165) is 0 Å². The van der Waals surface area contributed by atoms with Crippen molar-refractivity contribution >= 4 is 74.1 Å². The molecule has 8 rings (SSSR count). The largest absolute Gasteiger partial charge is 0.102 e. The fourth-order valence-corrected chi connectivity index (χ4v) is 16.7. The van der Waals surface area contributed by atoms with Crippen molar-refractivity contribution in [3.05, 3.63) is 266 Å². The van der Waals surface area contributed by atoms with Crippen molar-refractivity contribution in [1.29, 1.82) is 0 Å². The summed E-state index contributed by atoms with van der Waals surface area (Å²) < 4.78 is 0. The number of hydrogen-bond acceptors (Lipinski definition) is 0. The van der Waals surface area contributed by atoms with Crippen LogP contribution in [-0.2, 0) is 19.5 Å². The molecule has 0 aromatic heterocycles. The van der Waals surface area contributed by atoms with E-state index in [1.54, 1.807) is 0 Å². The van der Waals surface area contributed by atoms with E-state index >= 15 is 0 Å². The second-order valence-corrected chi connectivity index (χ2v) is 22.5. The first-order chi connectivity index (χ1) is 27.8. The van der Waals surface area contributed by atoms with Gasteiger partial charge in [-0.15, -0.1) is 0 Å². The van der Waals surface area contributed by atoms with Crippen molar-refractivity contribution in [2.24, 2.45) is 0 Å². The van der Waals surface area contributed by atoms with Crippen molar-refractivity contribution < 1.29 is 19.5 Å². The third-order valence-corrected chi connectivity index (χ3v) is 19.8. The van der Waals surface area contributed by atoms with Gasteiger partial charge < -0.3 is 0 Å². The van der Waals surface area contributed by atoms with Crippen LogP contribution < -0.4 is 42.4 Å². The third-order valence-electron chi connectivity index (χ3n) is 9.51. The molecule has 0 aliphatic carbocycles. The molecular weight excluding hydrogens is 851 g/mol. The molecule has 0 aliphatic heterocycles. The van der Waals surface area contributed by atoms with Gasteiger partial charge in [0, 0.05) is 19.5 Å². The van der Waals surface area contributed by atoms with Gasteiger partial charge in [0.05, 0.1) is 31.7 Å². The summed E-state index contributed by atoms with van der Waals surface area (Å²) in [6.07, 6.45) is 0. The van der Waals surface area contributed by atoms with Crippen LogP contribution in [0.15, 0.2) is 266 Å². The number of benzene rings is 8. The Morgan fingerprint density at radius 2 is 0.281 bits per heavy atom. The summed E-state index contributed by atoms with van der Waals surface area (Å²) in [6.45, 7) is 0. The molecule has 57 heavy (non-hydrogen) atoms. The van der Waals surface area contributed by atoms with Crippen LogP contribution in [0.2, 0.25) is 0 Å².